The number of rotatable bonds is 2. The first-order chi connectivity index (χ1) is 5.15. The summed E-state index contributed by atoms with van der Waals surface area (Å²) in [6.45, 7) is -0.512. The Labute approximate surface area is 90.9 Å². The topological polar surface area (TPSA) is 87.0 Å². The van der Waals surface area contributed by atoms with Gasteiger partial charge in [0, 0.05) is 35.6 Å². The maximum Gasteiger partial charge on any atom is 0.373 e. The number of esters is 1. The molecule has 63 valence electrons. The van der Waals surface area contributed by atoms with Crippen molar-refractivity contribution in [2.75, 3.05) is 6.61 Å². The summed E-state index contributed by atoms with van der Waals surface area (Å²) in [6, 6.07) is 0. The molecule has 3 N–H and O–H groups in total. The molecule has 6 heteroatoms. The van der Waals surface area contributed by atoms with Crippen LogP contribution in [0.25, 0.3) is 0 Å². The monoisotopic (exact) mass is 183 g/mol. The van der Waals surface area contributed by atoms with Crippen molar-refractivity contribution in [3.63, 3.8) is 0 Å². The fourth-order valence-electron chi connectivity index (χ4n) is 0.735. The van der Waals surface area contributed by atoms with Gasteiger partial charge in [0.25, 0.3) is 0 Å². The van der Waals surface area contributed by atoms with Gasteiger partial charge in [-0.1, -0.05) is 0 Å². The molecule has 1 radical (unpaired) electrons. The van der Waals surface area contributed by atoms with E-state index in [9.17, 15) is 4.79 Å². The Kier molecular flexibility index (Phi) is 4.81. The Morgan fingerprint density at radius 3 is 2.58 bits per heavy atom. The Hall–Kier alpha value is -0.0700. The standard InChI is InChI=1S/C6H8O5.Na/c7-2-4(9)5-1-3(8)6(10)11-5;/h1,4-5,7-9H,2H2;/t4-,5-;/m0./s1. The number of aliphatic hydroxyl groups excluding tert-OH is 3. The molecule has 12 heavy (non-hydrogen) atoms. The van der Waals surface area contributed by atoms with Crippen molar-refractivity contribution in [3.05, 3.63) is 11.8 Å². The third-order valence-corrected chi connectivity index (χ3v) is 1.34. The van der Waals surface area contributed by atoms with Gasteiger partial charge in [-0.2, -0.15) is 0 Å². The fourth-order valence-corrected chi connectivity index (χ4v) is 0.735. The van der Waals surface area contributed by atoms with Crippen LogP contribution in [0.15, 0.2) is 11.8 Å². The number of hydrogen-bond acceptors (Lipinski definition) is 5. The van der Waals surface area contributed by atoms with E-state index < -0.39 is 30.5 Å². The molecule has 0 unspecified atom stereocenters. The normalized spacial score (nSPS) is 24.0. The molecule has 5 nitrogen and oxygen atoms in total. The average molecular weight is 183 g/mol. The first kappa shape index (κ1) is 11.9. The molecule has 1 heterocycles. The Balaban J connectivity index is 0.00000121. The van der Waals surface area contributed by atoms with E-state index in [1.807, 2.05) is 0 Å². The third kappa shape index (κ3) is 2.46. The minimum Gasteiger partial charge on any atom is -0.502 e. The molecule has 0 spiro atoms. The molecule has 0 aromatic rings. The van der Waals surface area contributed by atoms with Gasteiger partial charge in [0.2, 0.25) is 5.76 Å². The van der Waals surface area contributed by atoms with Crippen LogP contribution in [-0.4, -0.2) is 69.7 Å². The van der Waals surface area contributed by atoms with Crippen molar-refractivity contribution in [2.24, 2.45) is 0 Å². The number of hydrogen-bond donors (Lipinski definition) is 3. The maximum absolute atomic E-state index is 10.5. The van der Waals surface area contributed by atoms with E-state index in [2.05, 4.69) is 4.74 Å². The largest absolute Gasteiger partial charge is 0.502 e. The SMILES string of the molecule is O=C1O[C@H]([C@@H](O)CO)C=C1O.[Na]. The van der Waals surface area contributed by atoms with Crippen LogP contribution in [0, 0.1) is 0 Å². The molecule has 0 saturated carbocycles. The average Bonchev–Trinajstić information content (AvgIpc) is 2.31. The molecule has 1 aliphatic heterocycles. The third-order valence-electron chi connectivity index (χ3n) is 1.34. The van der Waals surface area contributed by atoms with E-state index in [0.717, 1.165) is 6.08 Å². The van der Waals surface area contributed by atoms with Gasteiger partial charge in [0.05, 0.1) is 6.61 Å². The summed E-state index contributed by atoms with van der Waals surface area (Å²) in [5.74, 6) is -1.40. The first-order valence-electron chi connectivity index (χ1n) is 3.06. The van der Waals surface area contributed by atoms with Crippen LogP contribution in [0.3, 0.4) is 0 Å². The Morgan fingerprint density at radius 1 is 1.67 bits per heavy atom. The first-order valence-corrected chi connectivity index (χ1v) is 3.06. The summed E-state index contributed by atoms with van der Waals surface area (Å²) in [4.78, 5) is 10.5. The van der Waals surface area contributed by atoms with Gasteiger partial charge < -0.3 is 20.1 Å². The smallest absolute Gasteiger partial charge is 0.373 e. The van der Waals surface area contributed by atoms with E-state index >= 15 is 0 Å². The van der Waals surface area contributed by atoms with E-state index in [0.29, 0.717) is 0 Å². The number of aliphatic hydroxyl groups is 3. The zero-order chi connectivity index (χ0) is 8.43. The molecule has 1 rings (SSSR count). The van der Waals surface area contributed by atoms with E-state index in [1.165, 1.54) is 0 Å². The van der Waals surface area contributed by atoms with Gasteiger partial charge in [-0.15, -0.1) is 0 Å². The van der Waals surface area contributed by atoms with Gasteiger partial charge >= 0.3 is 5.97 Å². The summed E-state index contributed by atoms with van der Waals surface area (Å²) in [6.07, 6.45) is -1.03. The van der Waals surface area contributed by atoms with Crippen molar-refractivity contribution in [2.45, 2.75) is 12.2 Å². The van der Waals surface area contributed by atoms with Gasteiger partial charge in [-0.05, 0) is 0 Å². The Morgan fingerprint density at radius 2 is 2.25 bits per heavy atom. The molecule has 0 saturated heterocycles. The minimum absolute atomic E-state index is 0. The second-order valence-corrected chi connectivity index (χ2v) is 2.17. The van der Waals surface area contributed by atoms with Crippen LogP contribution >= 0.6 is 0 Å². The van der Waals surface area contributed by atoms with Crippen molar-refractivity contribution >= 4 is 35.5 Å². The second kappa shape index (κ2) is 4.84. The molecular weight excluding hydrogens is 175 g/mol. The molecule has 0 bridgehead atoms. The molecule has 0 fully saturated rings. The van der Waals surface area contributed by atoms with Crippen molar-refractivity contribution in [1.29, 1.82) is 0 Å². The van der Waals surface area contributed by atoms with Crippen LogP contribution in [-0.2, 0) is 9.53 Å². The summed E-state index contributed by atoms with van der Waals surface area (Å²) in [5, 5.41) is 26.0. The van der Waals surface area contributed by atoms with Crippen LogP contribution in [0.5, 0.6) is 0 Å². The van der Waals surface area contributed by atoms with Crippen LogP contribution in [0.1, 0.15) is 0 Å². The van der Waals surface area contributed by atoms with Gasteiger partial charge in [-0.25, -0.2) is 4.79 Å². The minimum atomic E-state index is -1.16. The number of cyclic esters (lactones) is 1. The molecule has 0 aliphatic carbocycles. The van der Waals surface area contributed by atoms with Crippen LogP contribution in [0.2, 0.25) is 0 Å². The molecule has 1 aliphatic rings. The summed E-state index contributed by atoms with van der Waals surface area (Å²) in [7, 11) is 0. The summed E-state index contributed by atoms with van der Waals surface area (Å²) < 4.78 is 4.43. The molecular formula is C6H8NaO5. The number of ether oxygens (including phenoxy) is 1. The molecule has 0 aromatic heterocycles. The van der Waals surface area contributed by atoms with Crippen molar-refractivity contribution in [3.8, 4) is 0 Å². The molecule has 2 atom stereocenters. The Bertz CT molecular complexity index is 202. The van der Waals surface area contributed by atoms with Crippen LogP contribution < -0.4 is 0 Å². The van der Waals surface area contributed by atoms with E-state index in [4.69, 9.17) is 15.3 Å². The van der Waals surface area contributed by atoms with Gasteiger partial charge in [-0.3, -0.25) is 0 Å². The zero-order valence-corrected chi connectivity index (χ0v) is 8.60. The molecule has 0 aromatic carbocycles. The molecule has 0 amide bonds. The van der Waals surface area contributed by atoms with E-state index in [-0.39, 0.29) is 29.6 Å². The number of carbonyl (C=O) groups is 1. The quantitative estimate of drug-likeness (QED) is 0.352. The zero-order valence-electron chi connectivity index (χ0n) is 6.60. The second-order valence-electron chi connectivity index (χ2n) is 2.17. The predicted molar refractivity (Wildman–Crippen MR) is 39.4 cm³/mol. The summed E-state index contributed by atoms with van der Waals surface area (Å²) >= 11 is 0. The van der Waals surface area contributed by atoms with Gasteiger partial charge in [0.1, 0.15) is 6.10 Å². The fraction of sp³-hybridized carbons (Fsp3) is 0.500. The number of carbonyl (C=O) groups excluding carboxylic acids is 1. The van der Waals surface area contributed by atoms with Gasteiger partial charge in [0.15, 0.2) is 6.10 Å². The summed E-state index contributed by atoms with van der Waals surface area (Å²) in [5.41, 5.74) is 0. The van der Waals surface area contributed by atoms with Crippen molar-refractivity contribution in [1.82, 2.24) is 0 Å². The predicted octanol–water partition coefficient (Wildman–Crippen LogP) is -1.67. The van der Waals surface area contributed by atoms with E-state index in [1.54, 1.807) is 0 Å². The van der Waals surface area contributed by atoms with Crippen molar-refractivity contribution < 1.29 is 24.9 Å². The van der Waals surface area contributed by atoms with Crippen LogP contribution in [0.4, 0.5) is 0 Å². The maximum atomic E-state index is 10.5.